The summed E-state index contributed by atoms with van der Waals surface area (Å²) in [6.45, 7) is 0. The molecule has 1 saturated heterocycles. The maximum atomic E-state index is 11.3. The Balaban J connectivity index is 2.11. The molecule has 1 N–H and O–H groups in total. The summed E-state index contributed by atoms with van der Waals surface area (Å²) in [5, 5.41) is 2.91. The molecule has 0 spiro atoms. The minimum Gasteiger partial charge on any atom is -0.467 e. The van der Waals surface area contributed by atoms with Crippen LogP contribution in [0, 0.1) is 0 Å². The van der Waals surface area contributed by atoms with Gasteiger partial charge in [0, 0.05) is 6.04 Å². The Bertz CT molecular complexity index is 522. The Labute approximate surface area is 104 Å². The molecule has 1 aromatic heterocycles. The molecule has 7 nitrogen and oxygen atoms in total. The van der Waals surface area contributed by atoms with Crippen LogP contribution in [0.4, 0.5) is 5.95 Å². The third kappa shape index (κ3) is 3.16. The van der Waals surface area contributed by atoms with E-state index in [1.165, 1.54) is 7.11 Å². The fraction of sp³-hybridized carbons (Fsp3) is 0.625. The average Bonchev–Trinajstić information content (AvgIpc) is 2.57. The molecule has 0 aromatic carbocycles. The number of halogens is 1. The van der Waals surface area contributed by atoms with Crippen LogP contribution in [0.1, 0.15) is 6.42 Å². The molecular formula is C8H11ClN4O3S. The van der Waals surface area contributed by atoms with Gasteiger partial charge in [0.1, 0.15) is 0 Å². The van der Waals surface area contributed by atoms with E-state index in [4.69, 9.17) is 16.3 Å². The number of sulfone groups is 1. The van der Waals surface area contributed by atoms with Crippen molar-refractivity contribution >= 4 is 27.4 Å². The highest BCUT2D eigenvalue weighted by atomic mass is 35.5. The molecule has 9 heteroatoms. The van der Waals surface area contributed by atoms with E-state index >= 15 is 0 Å². The quantitative estimate of drug-likeness (QED) is 0.840. The number of anilines is 1. The zero-order chi connectivity index (χ0) is 12.5. The van der Waals surface area contributed by atoms with Gasteiger partial charge in [0.2, 0.25) is 11.2 Å². The second-order valence-electron chi connectivity index (χ2n) is 3.66. The number of hydrogen-bond acceptors (Lipinski definition) is 7. The molecular weight excluding hydrogens is 268 g/mol. The van der Waals surface area contributed by atoms with Gasteiger partial charge in [-0.25, -0.2) is 8.42 Å². The second kappa shape index (κ2) is 4.61. The van der Waals surface area contributed by atoms with E-state index in [2.05, 4.69) is 20.3 Å². The SMILES string of the molecule is COc1nc(Cl)nc(NC2CCS(=O)(=O)C2)n1. The molecule has 0 radical (unpaired) electrons. The predicted octanol–water partition coefficient (Wildman–Crippen LogP) is 0.133. The van der Waals surface area contributed by atoms with Crippen LogP contribution in [0.25, 0.3) is 0 Å². The molecule has 2 heterocycles. The minimum absolute atomic E-state index is 0.000189. The van der Waals surface area contributed by atoms with E-state index in [1.807, 2.05) is 0 Å². The standard InChI is InChI=1S/C8H11ClN4O3S/c1-16-8-12-6(9)11-7(13-8)10-5-2-3-17(14,15)4-5/h5H,2-4H2,1H3,(H,10,11,12,13). The van der Waals surface area contributed by atoms with Crippen LogP contribution in [-0.2, 0) is 9.84 Å². The summed E-state index contributed by atoms with van der Waals surface area (Å²) in [6.07, 6.45) is 0.536. The number of hydrogen-bond donors (Lipinski definition) is 1. The molecule has 17 heavy (non-hydrogen) atoms. The van der Waals surface area contributed by atoms with E-state index in [1.54, 1.807) is 0 Å². The lowest BCUT2D eigenvalue weighted by Crippen LogP contribution is -2.22. The molecule has 1 aromatic rings. The van der Waals surface area contributed by atoms with E-state index in [0.717, 1.165) is 0 Å². The molecule has 0 saturated carbocycles. The summed E-state index contributed by atoms with van der Waals surface area (Å²) in [5.74, 6) is 0.489. The number of aromatic nitrogens is 3. The summed E-state index contributed by atoms with van der Waals surface area (Å²) in [5.41, 5.74) is 0. The molecule has 1 unspecified atom stereocenters. The highest BCUT2D eigenvalue weighted by Crippen LogP contribution is 2.17. The first-order chi connectivity index (χ1) is 7.98. The Morgan fingerprint density at radius 1 is 1.41 bits per heavy atom. The fourth-order valence-corrected chi connectivity index (χ4v) is 3.40. The zero-order valence-electron chi connectivity index (χ0n) is 9.05. The number of nitrogens with zero attached hydrogens (tertiary/aromatic N) is 3. The van der Waals surface area contributed by atoms with Crippen LogP contribution in [0.3, 0.4) is 0 Å². The average molecular weight is 279 g/mol. The minimum atomic E-state index is -2.94. The molecule has 94 valence electrons. The molecule has 1 atom stereocenters. The summed E-state index contributed by atoms with van der Waals surface area (Å²) < 4.78 is 27.4. The topological polar surface area (TPSA) is 94.1 Å². The maximum Gasteiger partial charge on any atom is 0.322 e. The van der Waals surface area contributed by atoms with Crippen molar-refractivity contribution in [2.24, 2.45) is 0 Å². The van der Waals surface area contributed by atoms with Crippen molar-refractivity contribution in [2.45, 2.75) is 12.5 Å². The van der Waals surface area contributed by atoms with Crippen molar-refractivity contribution in [1.29, 1.82) is 0 Å². The Morgan fingerprint density at radius 3 is 2.76 bits per heavy atom. The van der Waals surface area contributed by atoms with Crippen LogP contribution >= 0.6 is 11.6 Å². The Hall–Kier alpha value is -1.15. The van der Waals surface area contributed by atoms with E-state index < -0.39 is 9.84 Å². The number of ether oxygens (including phenoxy) is 1. The normalized spacial score (nSPS) is 22.4. The lowest BCUT2D eigenvalue weighted by Gasteiger charge is -2.10. The summed E-state index contributed by atoms with van der Waals surface area (Å²) >= 11 is 5.67. The van der Waals surface area contributed by atoms with Gasteiger partial charge in [-0.1, -0.05) is 0 Å². The predicted molar refractivity (Wildman–Crippen MR) is 62.1 cm³/mol. The molecule has 0 amide bonds. The van der Waals surface area contributed by atoms with Crippen LogP contribution in [0.2, 0.25) is 5.28 Å². The van der Waals surface area contributed by atoms with E-state index in [-0.39, 0.29) is 34.8 Å². The van der Waals surface area contributed by atoms with Gasteiger partial charge in [-0.3, -0.25) is 0 Å². The van der Waals surface area contributed by atoms with E-state index in [0.29, 0.717) is 6.42 Å². The van der Waals surface area contributed by atoms with Crippen molar-refractivity contribution in [3.8, 4) is 6.01 Å². The van der Waals surface area contributed by atoms with Gasteiger partial charge in [-0.15, -0.1) is 0 Å². The van der Waals surface area contributed by atoms with Crippen LogP contribution < -0.4 is 10.1 Å². The van der Waals surface area contributed by atoms with Crippen molar-refractivity contribution in [1.82, 2.24) is 15.0 Å². The Morgan fingerprint density at radius 2 is 2.18 bits per heavy atom. The zero-order valence-corrected chi connectivity index (χ0v) is 10.6. The third-order valence-corrected chi connectivity index (χ3v) is 4.27. The number of methoxy groups -OCH3 is 1. The van der Waals surface area contributed by atoms with Crippen molar-refractivity contribution in [2.75, 3.05) is 23.9 Å². The summed E-state index contributed by atoms with van der Waals surface area (Å²) in [7, 11) is -1.53. The lowest BCUT2D eigenvalue weighted by molar-refractivity contribution is 0.378. The summed E-state index contributed by atoms with van der Waals surface area (Å²) in [6, 6.07) is -0.100. The fourth-order valence-electron chi connectivity index (χ4n) is 1.58. The highest BCUT2D eigenvalue weighted by molar-refractivity contribution is 7.91. The first-order valence-corrected chi connectivity index (χ1v) is 7.11. The smallest absolute Gasteiger partial charge is 0.322 e. The Kier molecular flexibility index (Phi) is 3.34. The van der Waals surface area contributed by atoms with Gasteiger partial charge < -0.3 is 10.1 Å². The molecule has 0 bridgehead atoms. The van der Waals surface area contributed by atoms with Gasteiger partial charge in [0.25, 0.3) is 0 Å². The first-order valence-electron chi connectivity index (χ1n) is 4.91. The van der Waals surface area contributed by atoms with Gasteiger partial charge >= 0.3 is 6.01 Å². The van der Waals surface area contributed by atoms with Crippen molar-refractivity contribution in [3.63, 3.8) is 0 Å². The lowest BCUT2D eigenvalue weighted by atomic mass is 10.3. The highest BCUT2D eigenvalue weighted by Gasteiger charge is 2.28. The number of rotatable bonds is 3. The molecule has 1 aliphatic rings. The monoisotopic (exact) mass is 278 g/mol. The molecule has 2 rings (SSSR count). The molecule has 1 aliphatic heterocycles. The first kappa shape index (κ1) is 12.3. The van der Waals surface area contributed by atoms with Gasteiger partial charge in [-0.2, -0.15) is 15.0 Å². The molecule has 0 aliphatic carbocycles. The van der Waals surface area contributed by atoms with Gasteiger partial charge in [-0.05, 0) is 18.0 Å². The van der Waals surface area contributed by atoms with Crippen molar-refractivity contribution < 1.29 is 13.2 Å². The van der Waals surface area contributed by atoms with Crippen LogP contribution in [-0.4, -0.2) is 48.0 Å². The second-order valence-corrected chi connectivity index (χ2v) is 6.23. The van der Waals surface area contributed by atoms with Gasteiger partial charge in [0.05, 0.1) is 18.6 Å². The van der Waals surface area contributed by atoms with Crippen LogP contribution in [0.15, 0.2) is 0 Å². The van der Waals surface area contributed by atoms with Crippen molar-refractivity contribution in [3.05, 3.63) is 5.28 Å². The largest absolute Gasteiger partial charge is 0.467 e. The molecule has 1 fully saturated rings. The third-order valence-electron chi connectivity index (χ3n) is 2.34. The number of nitrogens with one attached hydrogen (secondary N) is 1. The maximum absolute atomic E-state index is 11.3. The van der Waals surface area contributed by atoms with Crippen LogP contribution in [0.5, 0.6) is 6.01 Å². The van der Waals surface area contributed by atoms with E-state index in [9.17, 15) is 8.42 Å². The summed E-state index contributed by atoms with van der Waals surface area (Å²) in [4.78, 5) is 11.5. The van der Waals surface area contributed by atoms with Gasteiger partial charge in [0.15, 0.2) is 9.84 Å².